The molecule has 0 aromatic heterocycles. The van der Waals surface area contributed by atoms with Crippen LogP contribution in [0.5, 0.6) is 0 Å². The maximum atomic E-state index is 11.8. The minimum absolute atomic E-state index is 0.117. The number of rotatable bonds is 4. The van der Waals surface area contributed by atoms with Crippen molar-refractivity contribution in [3.63, 3.8) is 0 Å². The van der Waals surface area contributed by atoms with Crippen molar-refractivity contribution in [3.8, 4) is 0 Å². The van der Waals surface area contributed by atoms with Gasteiger partial charge in [0.2, 0.25) is 0 Å². The molecule has 0 heterocycles. The van der Waals surface area contributed by atoms with Crippen LogP contribution in [0.4, 0.5) is 10.5 Å². The topological polar surface area (TPSA) is 41.1 Å². The van der Waals surface area contributed by atoms with E-state index in [0.29, 0.717) is 6.04 Å². The lowest BCUT2D eigenvalue weighted by Crippen LogP contribution is -2.30. The van der Waals surface area contributed by atoms with Crippen LogP contribution in [0.2, 0.25) is 0 Å². The summed E-state index contributed by atoms with van der Waals surface area (Å²) in [7, 11) is 0. The van der Waals surface area contributed by atoms with Crippen molar-refractivity contribution < 1.29 is 4.79 Å². The standard InChI is InChI=1S/C16H16N2OS/c19-16(17-12-10-11-12)18-14-8-4-5-9-15(14)20-13-6-2-1-3-7-13/h1-9,12H,10-11H2,(H2,17,18,19). The Morgan fingerprint density at radius 3 is 2.45 bits per heavy atom. The largest absolute Gasteiger partial charge is 0.335 e. The number of benzene rings is 2. The fourth-order valence-corrected chi connectivity index (χ4v) is 2.77. The molecule has 3 rings (SSSR count). The van der Waals surface area contributed by atoms with Crippen molar-refractivity contribution in [2.75, 3.05) is 5.32 Å². The van der Waals surface area contributed by atoms with Crippen LogP contribution in [0.3, 0.4) is 0 Å². The van der Waals surface area contributed by atoms with Gasteiger partial charge in [-0.3, -0.25) is 0 Å². The third-order valence-electron chi connectivity index (χ3n) is 3.02. The predicted molar refractivity (Wildman–Crippen MR) is 82.2 cm³/mol. The van der Waals surface area contributed by atoms with Crippen molar-refractivity contribution in [3.05, 3.63) is 54.6 Å². The molecule has 0 bridgehead atoms. The van der Waals surface area contributed by atoms with Crippen molar-refractivity contribution in [2.24, 2.45) is 0 Å². The first kappa shape index (κ1) is 13.1. The summed E-state index contributed by atoms with van der Waals surface area (Å²) < 4.78 is 0. The number of anilines is 1. The van der Waals surface area contributed by atoms with Crippen molar-refractivity contribution >= 4 is 23.5 Å². The Morgan fingerprint density at radius 1 is 1.00 bits per heavy atom. The zero-order chi connectivity index (χ0) is 13.8. The third-order valence-corrected chi connectivity index (χ3v) is 4.10. The second-order valence-corrected chi connectivity index (χ2v) is 5.90. The Bertz CT molecular complexity index is 596. The molecule has 0 unspecified atom stereocenters. The van der Waals surface area contributed by atoms with Gasteiger partial charge in [-0.2, -0.15) is 0 Å². The van der Waals surface area contributed by atoms with E-state index < -0.39 is 0 Å². The second kappa shape index (κ2) is 6.01. The van der Waals surface area contributed by atoms with Gasteiger partial charge in [0.25, 0.3) is 0 Å². The van der Waals surface area contributed by atoms with E-state index in [2.05, 4.69) is 22.8 Å². The van der Waals surface area contributed by atoms with E-state index in [-0.39, 0.29) is 6.03 Å². The summed E-state index contributed by atoms with van der Waals surface area (Å²) >= 11 is 1.65. The minimum atomic E-state index is -0.117. The highest BCUT2D eigenvalue weighted by atomic mass is 32.2. The summed E-state index contributed by atoms with van der Waals surface area (Å²) in [6, 6.07) is 18.3. The van der Waals surface area contributed by atoms with Crippen molar-refractivity contribution in [1.29, 1.82) is 0 Å². The van der Waals surface area contributed by atoms with Gasteiger partial charge in [-0.15, -0.1) is 0 Å². The molecular weight excluding hydrogens is 268 g/mol. The number of hydrogen-bond acceptors (Lipinski definition) is 2. The van der Waals surface area contributed by atoms with Gasteiger partial charge in [-0.25, -0.2) is 4.79 Å². The van der Waals surface area contributed by atoms with Crippen LogP contribution in [0, 0.1) is 0 Å². The van der Waals surface area contributed by atoms with E-state index in [1.807, 2.05) is 42.5 Å². The Hall–Kier alpha value is -1.94. The zero-order valence-corrected chi connectivity index (χ0v) is 11.8. The summed E-state index contributed by atoms with van der Waals surface area (Å²) in [6.45, 7) is 0. The molecule has 2 aromatic rings. The lowest BCUT2D eigenvalue weighted by Gasteiger charge is -2.11. The molecule has 1 fully saturated rings. The molecule has 0 aliphatic heterocycles. The number of carbonyl (C=O) groups is 1. The molecule has 3 nitrogen and oxygen atoms in total. The molecular formula is C16H16N2OS. The van der Waals surface area contributed by atoms with E-state index in [1.165, 1.54) is 0 Å². The van der Waals surface area contributed by atoms with Crippen molar-refractivity contribution in [2.45, 2.75) is 28.7 Å². The maximum Gasteiger partial charge on any atom is 0.319 e. The number of urea groups is 1. The van der Waals surface area contributed by atoms with Crippen LogP contribution in [0.1, 0.15) is 12.8 Å². The number of carbonyl (C=O) groups excluding carboxylic acids is 1. The summed E-state index contributed by atoms with van der Waals surface area (Å²) in [4.78, 5) is 14.0. The van der Waals surface area contributed by atoms with E-state index in [0.717, 1.165) is 28.3 Å². The normalized spacial score (nSPS) is 13.8. The molecule has 1 aliphatic carbocycles. The first-order chi connectivity index (χ1) is 9.81. The highest BCUT2D eigenvalue weighted by molar-refractivity contribution is 7.99. The van der Waals surface area contributed by atoms with Gasteiger partial charge >= 0.3 is 6.03 Å². The first-order valence-corrected chi connectivity index (χ1v) is 7.52. The van der Waals surface area contributed by atoms with E-state index >= 15 is 0 Å². The van der Waals surface area contributed by atoms with Crippen LogP contribution < -0.4 is 10.6 Å². The molecule has 4 heteroatoms. The molecule has 20 heavy (non-hydrogen) atoms. The van der Waals surface area contributed by atoms with Gasteiger partial charge in [-0.05, 0) is 37.1 Å². The second-order valence-electron chi connectivity index (χ2n) is 4.78. The number of amides is 2. The molecule has 0 radical (unpaired) electrons. The molecule has 2 aromatic carbocycles. The Labute approximate surface area is 122 Å². The zero-order valence-electron chi connectivity index (χ0n) is 11.0. The van der Waals surface area contributed by atoms with Gasteiger partial charge < -0.3 is 10.6 Å². The highest BCUT2D eigenvalue weighted by Crippen LogP contribution is 2.33. The summed E-state index contributed by atoms with van der Waals surface area (Å²) in [6.07, 6.45) is 2.18. The van der Waals surface area contributed by atoms with Gasteiger partial charge in [-0.1, -0.05) is 42.1 Å². The molecule has 0 spiro atoms. The van der Waals surface area contributed by atoms with E-state index in [1.54, 1.807) is 11.8 Å². The van der Waals surface area contributed by atoms with E-state index in [4.69, 9.17) is 0 Å². The minimum Gasteiger partial charge on any atom is -0.335 e. The van der Waals surface area contributed by atoms with Crippen LogP contribution in [-0.2, 0) is 0 Å². The lowest BCUT2D eigenvalue weighted by molar-refractivity contribution is 0.251. The Kier molecular flexibility index (Phi) is 3.92. The molecule has 0 atom stereocenters. The number of nitrogens with one attached hydrogen (secondary N) is 2. The van der Waals surface area contributed by atoms with Crippen LogP contribution in [0.25, 0.3) is 0 Å². The van der Waals surface area contributed by atoms with Gasteiger partial charge in [0.1, 0.15) is 0 Å². The Morgan fingerprint density at radius 2 is 1.70 bits per heavy atom. The summed E-state index contributed by atoms with van der Waals surface area (Å²) in [5, 5.41) is 5.87. The SMILES string of the molecule is O=C(Nc1ccccc1Sc1ccccc1)NC1CC1. The number of para-hydroxylation sites is 1. The summed E-state index contributed by atoms with van der Waals surface area (Å²) in [5.41, 5.74) is 0.847. The van der Waals surface area contributed by atoms with Gasteiger partial charge in [0.15, 0.2) is 0 Å². The predicted octanol–water partition coefficient (Wildman–Crippen LogP) is 4.12. The van der Waals surface area contributed by atoms with Crippen LogP contribution in [-0.4, -0.2) is 12.1 Å². The third kappa shape index (κ3) is 3.54. The van der Waals surface area contributed by atoms with Crippen LogP contribution in [0.15, 0.2) is 64.4 Å². The molecule has 1 aliphatic rings. The molecule has 1 saturated carbocycles. The first-order valence-electron chi connectivity index (χ1n) is 6.71. The molecule has 102 valence electrons. The lowest BCUT2D eigenvalue weighted by atomic mass is 10.3. The van der Waals surface area contributed by atoms with Gasteiger partial charge in [0.05, 0.1) is 5.69 Å². The quantitative estimate of drug-likeness (QED) is 0.886. The fraction of sp³-hybridized carbons (Fsp3) is 0.188. The fourth-order valence-electron chi connectivity index (χ4n) is 1.85. The highest BCUT2D eigenvalue weighted by Gasteiger charge is 2.23. The number of hydrogen-bond donors (Lipinski definition) is 2. The Balaban J connectivity index is 1.72. The molecule has 2 N–H and O–H groups in total. The van der Waals surface area contributed by atoms with Crippen molar-refractivity contribution in [1.82, 2.24) is 5.32 Å². The molecule has 2 amide bonds. The molecule has 0 saturated heterocycles. The monoisotopic (exact) mass is 284 g/mol. The average molecular weight is 284 g/mol. The van der Waals surface area contributed by atoms with E-state index in [9.17, 15) is 4.79 Å². The van der Waals surface area contributed by atoms with Crippen LogP contribution >= 0.6 is 11.8 Å². The maximum absolute atomic E-state index is 11.8. The summed E-state index contributed by atoms with van der Waals surface area (Å²) in [5.74, 6) is 0. The van der Waals surface area contributed by atoms with Gasteiger partial charge in [0, 0.05) is 15.8 Å². The average Bonchev–Trinajstić information content (AvgIpc) is 3.26. The smallest absolute Gasteiger partial charge is 0.319 e.